The van der Waals surface area contributed by atoms with E-state index in [1.54, 1.807) is 0 Å². The number of rotatable bonds is 7. The van der Waals surface area contributed by atoms with Crippen molar-refractivity contribution in [2.45, 2.75) is 39.2 Å². The minimum absolute atomic E-state index is 0.231. The van der Waals surface area contributed by atoms with Crippen LogP contribution in [0, 0.1) is 5.92 Å². The monoisotopic (exact) mass is 185 g/mol. The van der Waals surface area contributed by atoms with Gasteiger partial charge in [-0.3, -0.25) is 9.38 Å². The van der Waals surface area contributed by atoms with E-state index in [-0.39, 0.29) is 6.67 Å². The third-order valence-electron chi connectivity index (χ3n) is 2.21. The molecule has 2 atom stereocenters. The van der Waals surface area contributed by atoms with Crippen LogP contribution in [0.15, 0.2) is 17.1 Å². The number of hydrogen-bond acceptors (Lipinski definition) is 1. The molecule has 1 nitrogen and oxygen atoms in total. The molecule has 0 spiro atoms. The lowest BCUT2D eigenvalue weighted by Crippen LogP contribution is -2.04. The summed E-state index contributed by atoms with van der Waals surface area (Å²) in [6.45, 7) is 7.27. The maximum Gasteiger partial charge on any atom is 0.0900 e. The Bertz CT molecular complexity index is 154. The predicted octanol–water partition coefficient (Wildman–Crippen LogP) is 3.41. The Morgan fingerprint density at radius 2 is 2.08 bits per heavy atom. The van der Waals surface area contributed by atoms with Crippen LogP contribution >= 0.6 is 0 Å². The van der Waals surface area contributed by atoms with E-state index in [0.717, 1.165) is 12.8 Å². The van der Waals surface area contributed by atoms with E-state index in [0.29, 0.717) is 18.4 Å². The fourth-order valence-electron chi connectivity index (χ4n) is 1.30. The van der Waals surface area contributed by atoms with Crippen LogP contribution < -0.4 is 0 Å². The lowest BCUT2D eigenvalue weighted by Gasteiger charge is -2.12. The van der Waals surface area contributed by atoms with Crippen LogP contribution in [0.25, 0.3) is 0 Å². The van der Waals surface area contributed by atoms with Crippen molar-refractivity contribution >= 4 is 6.72 Å². The van der Waals surface area contributed by atoms with Gasteiger partial charge >= 0.3 is 0 Å². The van der Waals surface area contributed by atoms with Crippen molar-refractivity contribution < 1.29 is 4.39 Å². The summed E-state index contributed by atoms with van der Waals surface area (Å²) in [7, 11) is 0. The van der Waals surface area contributed by atoms with E-state index in [1.165, 1.54) is 0 Å². The first-order chi connectivity index (χ1) is 6.24. The highest BCUT2D eigenvalue weighted by Gasteiger charge is 2.06. The van der Waals surface area contributed by atoms with Gasteiger partial charge < -0.3 is 0 Å². The maximum absolute atomic E-state index is 12.1. The van der Waals surface area contributed by atoms with Crippen LogP contribution in [0.4, 0.5) is 4.39 Å². The molecule has 0 N–H and O–H groups in total. The molecule has 0 rings (SSSR count). The number of alkyl halides is 1. The Kier molecular flexibility index (Phi) is 7.56. The van der Waals surface area contributed by atoms with Crippen LogP contribution in [-0.2, 0) is 0 Å². The van der Waals surface area contributed by atoms with Crippen molar-refractivity contribution in [3.63, 3.8) is 0 Å². The lowest BCUT2D eigenvalue weighted by atomic mass is 9.97. The highest BCUT2D eigenvalue weighted by Crippen LogP contribution is 2.15. The summed E-state index contributed by atoms with van der Waals surface area (Å²) in [5, 5.41) is 0. The smallest absolute Gasteiger partial charge is 0.0900 e. The molecule has 0 aromatic carbocycles. The molecule has 0 saturated carbocycles. The zero-order chi connectivity index (χ0) is 10.1. The fraction of sp³-hybridized carbons (Fsp3) is 0.727. The SMILES string of the molecule is C=NC(C)CCC(/C=C/C)CCF. The van der Waals surface area contributed by atoms with Crippen molar-refractivity contribution in [2.24, 2.45) is 10.9 Å². The number of nitrogens with zero attached hydrogens (tertiary/aromatic N) is 1. The molecule has 0 aliphatic heterocycles. The Morgan fingerprint density at radius 1 is 1.38 bits per heavy atom. The van der Waals surface area contributed by atoms with Crippen molar-refractivity contribution in [2.75, 3.05) is 6.67 Å². The number of aliphatic imine (C=N–C) groups is 1. The minimum Gasteiger partial charge on any atom is -0.298 e. The molecule has 0 aliphatic carbocycles. The molecule has 0 aliphatic rings. The summed E-state index contributed by atoms with van der Waals surface area (Å²) in [6, 6.07) is 0.298. The Hall–Kier alpha value is -0.660. The van der Waals surface area contributed by atoms with Crippen LogP contribution in [0.3, 0.4) is 0 Å². The van der Waals surface area contributed by atoms with Crippen LogP contribution in [-0.4, -0.2) is 19.4 Å². The first kappa shape index (κ1) is 12.3. The molecular weight excluding hydrogens is 165 g/mol. The second-order valence-electron chi connectivity index (χ2n) is 3.37. The summed E-state index contributed by atoms with van der Waals surface area (Å²) < 4.78 is 12.1. The normalized spacial score (nSPS) is 15.9. The van der Waals surface area contributed by atoms with Gasteiger partial charge in [0.1, 0.15) is 0 Å². The third-order valence-corrected chi connectivity index (χ3v) is 2.21. The van der Waals surface area contributed by atoms with Crippen molar-refractivity contribution in [1.82, 2.24) is 0 Å². The molecule has 13 heavy (non-hydrogen) atoms. The molecule has 0 aromatic rings. The minimum atomic E-state index is -0.231. The van der Waals surface area contributed by atoms with Crippen molar-refractivity contribution in [3.05, 3.63) is 12.2 Å². The largest absolute Gasteiger partial charge is 0.298 e. The quantitative estimate of drug-likeness (QED) is 0.426. The standard InChI is InChI=1S/C11H20FN/c1-4-5-11(8-9-12)7-6-10(2)13-3/h4-5,10-11H,3,6-9H2,1-2H3/b5-4+. The Labute approximate surface area is 80.8 Å². The van der Waals surface area contributed by atoms with Gasteiger partial charge in [-0.25, -0.2) is 0 Å². The molecule has 0 bridgehead atoms. The zero-order valence-electron chi connectivity index (χ0n) is 8.67. The summed E-state index contributed by atoms with van der Waals surface area (Å²) in [4.78, 5) is 3.91. The maximum atomic E-state index is 12.1. The molecule has 0 fully saturated rings. The lowest BCUT2D eigenvalue weighted by molar-refractivity contribution is 0.400. The van der Waals surface area contributed by atoms with Crippen LogP contribution in [0.5, 0.6) is 0 Å². The van der Waals surface area contributed by atoms with Gasteiger partial charge in [-0.05, 0) is 45.7 Å². The molecule has 2 unspecified atom stereocenters. The van der Waals surface area contributed by atoms with Gasteiger partial charge in [0.2, 0.25) is 0 Å². The molecular formula is C11H20FN. The van der Waals surface area contributed by atoms with Gasteiger partial charge in [-0.2, -0.15) is 0 Å². The van der Waals surface area contributed by atoms with Gasteiger partial charge in [-0.15, -0.1) is 0 Å². The van der Waals surface area contributed by atoms with Gasteiger partial charge in [0.05, 0.1) is 6.67 Å². The van der Waals surface area contributed by atoms with E-state index in [2.05, 4.69) is 17.8 Å². The number of hydrogen-bond donors (Lipinski definition) is 0. The van der Waals surface area contributed by atoms with Crippen molar-refractivity contribution in [1.29, 1.82) is 0 Å². The Balaban J connectivity index is 3.74. The van der Waals surface area contributed by atoms with Crippen molar-refractivity contribution in [3.8, 4) is 0 Å². The van der Waals surface area contributed by atoms with Crippen LogP contribution in [0.2, 0.25) is 0 Å². The molecule has 0 aromatic heterocycles. The second-order valence-corrected chi connectivity index (χ2v) is 3.37. The van der Waals surface area contributed by atoms with Crippen LogP contribution in [0.1, 0.15) is 33.1 Å². The first-order valence-corrected chi connectivity index (χ1v) is 4.89. The van der Waals surface area contributed by atoms with E-state index in [1.807, 2.05) is 19.9 Å². The van der Waals surface area contributed by atoms with Gasteiger partial charge in [0.25, 0.3) is 0 Å². The average Bonchev–Trinajstić information content (AvgIpc) is 2.14. The van der Waals surface area contributed by atoms with Gasteiger partial charge in [0, 0.05) is 6.04 Å². The summed E-state index contributed by atoms with van der Waals surface area (Å²) in [6.07, 6.45) is 6.71. The molecule has 0 heterocycles. The highest BCUT2D eigenvalue weighted by atomic mass is 19.1. The molecule has 0 radical (unpaired) electrons. The fourth-order valence-corrected chi connectivity index (χ4v) is 1.30. The second kappa shape index (κ2) is 7.96. The number of allylic oxidation sites excluding steroid dienone is 2. The summed E-state index contributed by atoms with van der Waals surface area (Å²) in [5.41, 5.74) is 0. The third kappa shape index (κ3) is 6.50. The van der Waals surface area contributed by atoms with Gasteiger partial charge in [0.15, 0.2) is 0 Å². The predicted molar refractivity (Wildman–Crippen MR) is 57.1 cm³/mol. The zero-order valence-corrected chi connectivity index (χ0v) is 8.67. The van der Waals surface area contributed by atoms with E-state index in [4.69, 9.17) is 0 Å². The molecule has 76 valence electrons. The summed E-state index contributed by atoms with van der Waals surface area (Å²) in [5.74, 6) is 0.374. The topological polar surface area (TPSA) is 12.4 Å². The first-order valence-electron chi connectivity index (χ1n) is 4.89. The average molecular weight is 185 g/mol. The summed E-state index contributed by atoms with van der Waals surface area (Å²) >= 11 is 0. The van der Waals surface area contributed by atoms with Gasteiger partial charge in [-0.1, -0.05) is 12.2 Å². The molecule has 0 saturated heterocycles. The Morgan fingerprint density at radius 3 is 2.54 bits per heavy atom. The molecule has 0 amide bonds. The van der Waals surface area contributed by atoms with E-state index < -0.39 is 0 Å². The number of halogens is 1. The molecule has 2 heteroatoms. The van der Waals surface area contributed by atoms with E-state index in [9.17, 15) is 4.39 Å². The highest BCUT2D eigenvalue weighted by molar-refractivity contribution is 5.23. The van der Waals surface area contributed by atoms with E-state index >= 15 is 0 Å².